The number of hydrogen-bond acceptors (Lipinski definition) is 3. The Morgan fingerprint density at radius 3 is 2.72 bits per heavy atom. The van der Waals surface area contributed by atoms with Gasteiger partial charge in [-0.2, -0.15) is 0 Å². The molecular weight excluding hydrogens is 240 g/mol. The van der Waals surface area contributed by atoms with Gasteiger partial charge in [-0.3, -0.25) is 0 Å². The molecule has 1 heterocycles. The standard InChI is InChI=1S/C15H26N2S/c1-3-14(12-8-6-5-7-9-12)16-10-13-11-18-15(4-2)17-13/h11-12,14,16H,3-10H2,1-2H3. The molecule has 1 atom stereocenters. The molecule has 1 fully saturated rings. The van der Waals surface area contributed by atoms with E-state index in [-0.39, 0.29) is 0 Å². The van der Waals surface area contributed by atoms with E-state index < -0.39 is 0 Å². The quantitative estimate of drug-likeness (QED) is 0.836. The van der Waals surface area contributed by atoms with E-state index in [0.29, 0.717) is 6.04 Å². The molecule has 0 spiro atoms. The highest BCUT2D eigenvalue weighted by Gasteiger charge is 2.21. The SMILES string of the molecule is CCc1nc(CNC(CC)C2CCCCC2)cs1. The predicted molar refractivity (Wildman–Crippen MR) is 79.0 cm³/mol. The Bertz CT molecular complexity index is 342. The first-order chi connectivity index (χ1) is 8.83. The van der Waals surface area contributed by atoms with E-state index in [1.807, 2.05) is 0 Å². The minimum atomic E-state index is 0.692. The first-order valence-electron chi connectivity index (χ1n) is 7.50. The van der Waals surface area contributed by atoms with Crippen molar-refractivity contribution in [3.05, 3.63) is 16.1 Å². The summed E-state index contributed by atoms with van der Waals surface area (Å²) in [7, 11) is 0. The van der Waals surface area contributed by atoms with Gasteiger partial charge in [-0.05, 0) is 31.6 Å². The lowest BCUT2D eigenvalue weighted by atomic mass is 9.83. The van der Waals surface area contributed by atoms with Gasteiger partial charge < -0.3 is 5.32 Å². The maximum atomic E-state index is 4.64. The Labute approximate surface area is 115 Å². The van der Waals surface area contributed by atoms with Crippen LogP contribution in [0.15, 0.2) is 5.38 Å². The molecule has 0 bridgehead atoms. The Hall–Kier alpha value is -0.410. The van der Waals surface area contributed by atoms with Gasteiger partial charge in [0.1, 0.15) is 0 Å². The average molecular weight is 266 g/mol. The molecule has 18 heavy (non-hydrogen) atoms. The number of aromatic nitrogens is 1. The van der Waals surface area contributed by atoms with E-state index in [2.05, 4.69) is 29.5 Å². The smallest absolute Gasteiger partial charge is 0.0926 e. The molecule has 0 amide bonds. The molecule has 102 valence electrons. The van der Waals surface area contributed by atoms with Crippen molar-refractivity contribution < 1.29 is 0 Å². The molecule has 0 radical (unpaired) electrons. The predicted octanol–water partition coefficient (Wildman–Crippen LogP) is 4.15. The number of rotatable bonds is 6. The molecule has 1 aliphatic carbocycles. The van der Waals surface area contributed by atoms with Crippen molar-refractivity contribution in [1.82, 2.24) is 10.3 Å². The third-order valence-electron chi connectivity index (χ3n) is 4.11. The molecule has 0 saturated heterocycles. The van der Waals surface area contributed by atoms with Crippen LogP contribution in [0, 0.1) is 5.92 Å². The Morgan fingerprint density at radius 1 is 1.33 bits per heavy atom. The van der Waals surface area contributed by atoms with Crippen LogP contribution in [-0.2, 0) is 13.0 Å². The van der Waals surface area contributed by atoms with Crippen molar-refractivity contribution >= 4 is 11.3 Å². The topological polar surface area (TPSA) is 24.9 Å². The van der Waals surface area contributed by atoms with Gasteiger partial charge in [0, 0.05) is 18.0 Å². The number of nitrogens with one attached hydrogen (secondary N) is 1. The third kappa shape index (κ3) is 3.79. The molecule has 3 heteroatoms. The molecule has 1 aliphatic rings. The first-order valence-corrected chi connectivity index (χ1v) is 8.38. The maximum Gasteiger partial charge on any atom is 0.0926 e. The summed E-state index contributed by atoms with van der Waals surface area (Å²) in [5.41, 5.74) is 1.23. The van der Waals surface area contributed by atoms with E-state index >= 15 is 0 Å². The van der Waals surface area contributed by atoms with Crippen molar-refractivity contribution in [1.29, 1.82) is 0 Å². The lowest BCUT2D eigenvalue weighted by Crippen LogP contribution is -2.36. The zero-order chi connectivity index (χ0) is 12.8. The highest BCUT2D eigenvalue weighted by molar-refractivity contribution is 7.09. The van der Waals surface area contributed by atoms with Gasteiger partial charge in [0.15, 0.2) is 0 Å². The summed E-state index contributed by atoms with van der Waals surface area (Å²) in [5.74, 6) is 0.896. The minimum Gasteiger partial charge on any atom is -0.308 e. The van der Waals surface area contributed by atoms with Crippen LogP contribution in [0.25, 0.3) is 0 Å². The lowest BCUT2D eigenvalue weighted by Gasteiger charge is -2.30. The first kappa shape index (κ1) is 14.0. The molecule has 0 aromatic carbocycles. The van der Waals surface area contributed by atoms with Gasteiger partial charge in [-0.25, -0.2) is 4.98 Å². The number of hydrogen-bond donors (Lipinski definition) is 1. The fourth-order valence-corrected chi connectivity index (χ4v) is 3.75. The molecule has 1 aromatic rings. The number of thiazole rings is 1. The van der Waals surface area contributed by atoms with Crippen molar-refractivity contribution in [2.45, 2.75) is 71.4 Å². The molecule has 1 saturated carbocycles. The van der Waals surface area contributed by atoms with Gasteiger partial charge >= 0.3 is 0 Å². The number of aryl methyl sites for hydroxylation is 1. The van der Waals surface area contributed by atoms with Gasteiger partial charge in [0.2, 0.25) is 0 Å². The van der Waals surface area contributed by atoms with Crippen LogP contribution in [0.5, 0.6) is 0 Å². The monoisotopic (exact) mass is 266 g/mol. The molecule has 1 N–H and O–H groups in total. The van der Waals surface area contributed by atoms with Crippen LogP contribution < -0.4 is 5.32 Å². The van der Waals surface area contributed by atoms with Crippen LogP contribution in [-0.4, -0.2) is 11.0 Å². The molecule has 0 aliphatic heterocycles. The molecule has 2 rings (SSSR count). The zero-order valence-corrected chi connectivity index (χ0v) is 12.6. The largest absolute Gasteiger partial charge is 0.308 e. The van der Waals surface area contributed by atoms with Gasteiger partial charge in [0.25, 0.3) is 0 Å². The van der Waals surface area contributed by atoms with Crippen LogP contribution in [0.2, 0.25) is 0 Å². The summed E-state index contributed by atoms with van der Waals surface area (Å²) in [4.78, 5) is 4.64. The summed E-state index contributed by atoms with van der Waals surface area (Å²) >= 11 is 1.79. The molecular formula is C15H26N2S. The van der Waals surface area contributed by atoms with Gasteiger partial charge in [-0.1, -0.05) is 33.1 Å². The second-order valence-corrected chi connectivity index (χ2v) is 6.32. The van der Waals surface area contributed by atoms with E-state index in [1.54, 1.807) is 11.3 Å². The highest BCUT2D eigenvalue weighted by Crippen LogP contribution is 2.27. The minimum absolute atomic E-state index is 0.692. The van der Waals surface area contributed by atoms with Crippen LogP contribution in [0.4, 0.5) is 0 Å². The Morgan fingerprint density at radius 2 is 2.11 bits per heavy atom. The lowest BCUT2D eigenvalue weighted by molar-refractivity contribution is 0.261. The van der Waals surface area contributed by atoms with Gasteiger partial charge in [0.05, 0.1) is 10.7 Å². The highest BCUT2D eigenvalue weighted by atomic mass is 32.1. The second kappa shape index (κ2) is 7.25. The van der Waals surface area contributed by atoms with Crippen LogP contribution in [0.3, 0.4) is 0 Å². The normalized spacial score (nSPS) is 19.0. The fraction of sp³-hybridized carbons (Fsp3) is 0.800. The zero-order valence-electron chi connectivity index (χ0n) is 11.7. The molecule has 1 aromatic heterocycles. The second-order valence-electron chi connectivity index (χ2n) is 5.38. The van der Waals surface area contributed by atoms with Crippen LogP contribution in [0.1, 0.15) is 63.1 Å². The van der Waals surface area contributed by atoms with Crippen molar-refractivity contribution in [3.63, 3.8) is 0 Å². The van der Waals surface area contributed by atoms with Gasteiger partial charge in [-0.15, -0.1) is 11.3 Å². The third-order valence-corrected chi connectivity index (χ3v) is 5.15. The van der Waals surface area contributed by atoms with Crippen LogP contribution >= 0.6 is 11.3 Å². The fourth-order valence-electron chi connectivity index (χ4n) is 3.01. The van der Waals surface area contributed by atoms with E-state index in [9.17, 15) is 0 Å². The summed E-state index contributed by atoms with van der Waals surface area (Å²) < 4.78 is 0. The average Bonchev–Trinajstić information content (AvgIpc) is 2.89. The maximum absolute atomic E-state index is 4.64. The Balaban J connectivity index is 1.82. The summed E-state index contributed by atoms with van der Waals surface area (Å²) in [6.07, 6.45) is 9.45. The molecule has 1 unspecified atom stereocenters. The van der Waals surface area contributed by atoms with Crippen molar-refractivity contribution in [2.75, 3.05) is 0 Å². The molecule has 2 nitrogen and oxygen atoms in total. The van der Waals surface area contributed by atoms with Crippen molar-refractivity contribution in [3.8, 4) is 0 Å². The summed E-state index contributed by atoms with van der Waals surface area (Å²) in [6, 6.07) is 0.692. The summed E-state index contributed by atoms with van der Waals surface area (Å²) in [6.45, 7) is 5.43. The van der Waals surface area contributed by atoms with E-state index in [0.717, 1.165) is 18.9 Å². The van der Waals surface area contributed by atoms with E-state index in [4.69, 9.17) is 0 Å². The van der Waals surface area contributed by atoms with E-state index in [1.165, 1.54) is 49.2 Å². The number of nitrogens with zero attached hydrogens (tertiary/aromatic N) is 1. The Kier molecular flexibility index (Phi) is 5.64. The van der Waals surface area contributed by atoms with Crippen molar-refractivity contribution in [2.24, 2.45) is 5.92 Å². The summed E-state index contributed by atoms with van der Waals surface area (Å²) in [5, 5.41) is 7.21.